The molecule has 0 aromatic rings. The minimum absolute atomic E-state index is 0.183. The summed E-state index contributed by atoms with van der Waals surface area (Å²) in [5.74, 6) is 0.325. The molecule has 9 heteroatoms. The van der Waals surface area contributed by atoms with E-state index in [1.165, 1.54) is 11.8 Å². The summed E-state index contributed by atoms with van der Waals surface area (Å²) in [5.41, 5.74) is -0.703. The number of piperidine rings is 1. The number of aliphatic hydroxyl groups is 3. The maximum atomic E-state index is 12.7. The Kier molecular flexibility index (Phi) is 8.46. The van der Waals surface area contributed by atoms with Crippen LogP contribution >= 0.6 is 23.4 Å². The monoisotopic (exact) mass is 410 g/mol. The van der Waals surface area contributed by atoms with Crippen molar-refractivity contribution in [3.8, 4) is 0 Å². The summed E-state index contributed by atoms with van der Waals surface area (Å²) in [6, 6.07) is -1.00. The quantitative estimate of drug-likeness (QED) is 0.393. The van der Waals surface area contributed by atoms with Gasteiger partial charge in [-0.25, -0.2) is 0 Å². The molecule has 0 aromatic heterocycles. The molecule has 26 heavy (non-hydrogen) atoms. The van der Waals surface area contributed by atoms with E-state index in [0.29, 0.717) is 5.92 Å². The zero-order valence-electron chi connectivity index (χ0n) is 15.5. The van der Waals surface area contributed by atoms with Crippen molar-refractivity contribution < 1.29 is 24.9 Å². The molecule has 0 aliphatic carbocycles. The fourth-order valence-corrected chi connectivity index (χ4v) is 4.54. The van der Waals surface area contributed by atoms with E-state index in [9.17, 15) is 20.1 Å². The molecule has 2 fully saturated rings. The van der Waals surface area contributed by atoms with Crippen molar-refractivity contribution >= 4 is 29.3 Å². The number of hydrogen-bond acceptors (Lipinski definition) is 7. The van der Waals surface area contributed by atoms with Gasteiger partial charge in [-0.15, -0.1) is 23.4 Å². The van der Waals surface area contributed by atoms with Crippen LogP contribution in [0.25, 0.3) is 0 Å². The van der Waals surface area contributed by atoms with E-state index in [4.69, 9.17) is 16.3 Å². The number of rotatable bonds is 6. The first kappa shape index (κ1) is 22.2. The second kappa shape index (κ2) is 9.91. The van der Waals surface area contributed by atoms with Crippen molar-refractivity contribution in [3.63, 3.8) is 0 Å². The first-order valence-corrected chi connectivity index (χ1v) is 10.9. The molecule has 2 rings (SSSR count). The van der Waals surface area contributed by atoms with Gasteiger partial charge in [0.15, 0.2) is 0 Å². The van der Waals surface area contributed by atoms with Gasteiger partial charge in [0.25, 0.3) is 0 Å². The highest BCUT2D eigenvalue weighted by molar-refractivity contribution is 7.99. The standard InChI is InChI=1S/C17H31ClN2O5S/c1-4-9-5-6-19-10(7-9)16(24)20-11(8(2)18)15-13(22)12(21)14(23)17(25-15)26-3/h8-15,17,19,21-23H,4-7H2,1-3H3,(H,20,24)/t8-,9-,10+,11+,12+,13+,14-,15-,17+/m0/s1. The Morgan fingerprint density at radius 2 is 2.04 bits per heavy atom. The van der Waals surface area contributed by atoms with E-state index < -0.39 is 41.3 Å². The van der Waals surface area contributed by atoms with Gasteiger partial charge < -0.3 is 30.7 Å². The van der Waals surface area contributed by atoms with Crippen molar-refractivity contribution in [1.82, 2.24) is 10.6 Å². The number of thioether (sulfide) groups is 1. The summed E-state index contributed by atoms with van der Waals surface area (Å²) in [6.07, 6.45) is -0.236. The molecule has 0 spiro atoms. The highest BCUT2D eigenvalue weighted by atomic mass is 35.5. The Balaban J connectivity index is 2.09. The average molecular weight is 411 g/mol. The van der Waals surface area contributed by atoms with Crippen LogP contribution in [-0.2, 0) is 9.53 Å². The molecule has 2 aliphatic heterocycles. The van der Waals surface area contributed by atoms with Gasteiger partial charge >= 0.3 is 0 Å². The Hall–Kier alpha value is -0.0900. The summed E-state index contributed by atoms with van der Waals surface area (Å²) in [7, 11) is 0. The van der Waals surface area contributed by atoms with Crippen LogP contribution in [0.15, 0.2) is 0 Å². The predicted molar refractivity (Wildman–Crippen MR) is 102 cm³/mol. The fourth-order valence-electron chi connectivity index (χ4n) is 3.66. The summed E-state index contributed by atoms with van der Waals surface area (Å²) >= 11 is 7.51. The second-order valence-electron chi connectivity index (χ2n) is 7.19. The number of alkyl halides is 1. The van der Waals surface area contributed by atoms with Gasteiger partial charge in [-0.1, -0.05) is 13.3 Å². The summed E-state index contributed by atoms with van der Waals surface area (Å²) < 4.78 is 5.77. The average Bonchev–Trinajstić information content (AvgIpc) is 2.64. The number of aliphatic hydroxyl groups excluding tert-OH is 3. The summed E-state index contributed by atoms with van der Waals surface area (Å²) in [5, 5.41) is 36.1. The third-order valence-corrected chi connectivity index (χ3v) is 6.53. The largest absolute Gasteiger partial charge is 0.388 e. The van der Waals surface area contributed by atoms with Crippen LogP contribution in [0.2, 0.25) is 0 Å². The van der Waals surface area contributed by atoms with Gasteiger partial charge in [0, 0.05) is 0 Å². The predicted octanol–water partition coefficient (Wildman–Crippen LogP) is 0.0473. The molecule has 2 heterocycles. The number of carbonyl (C=O) groups excluding carboxylic acids is 1. The van der Waals surface area contributed by atoms with E-state index in [2.05, 4.69) is 17.6 Å². The number of hydrogen-bond donors (Lipinski definition) is 5. The zero-order valence-corrected chi connectivity index (χ0v) is 17.0. The van der Waals surface area contributed by atoms with Gasteiger partial charge in [-0.05, 0) is 38.5 Å². The van der Waals surface area contributed by atoms with Gasteiger partial charge in [0.1, 0.15) is 29.9 Å². The number of amides is 1. The zero-order chi connectivity index (χ0) is 19.4. The molecule has 2 aliphatic rings. The molecule has 2 saturated heterocycles. The topological polar surface area (TPSA) is 111 Å². The molecule has 0 radical (unpaired) electrons. The lowest BCUT2D eigenvalue weighted by Gasteiger charge is -2.44. The number of ether oxygens (including phenoxy) is 1. The molecule has 0 unspecified atom stereocenters. The maximum absolute atomic E-state index is 12.7. The Bertz CT molecular complexity index is 470. The van der Waals surface area contributed by atoms with Crippen LogP contribution in [0.1, 0.15) is 33.1 Å². The number of carbonyl (C=O) groups is 1. The maximum Gasteiger partial charge on any atom is 0.237 e. The minimum Gasteiger partial charge on any atom is -0.388 e. The van der Waals surface area contributed by atoms with Gasteiger partial charge in [-0.2, -0.15) is 0 Å². The third-order valence-electron chi connectivity index (χ3n) is 5.40. The van der Waals surface area contributed by atoms with Crippen LogP contribution in [0, 0.1) is 5.92 Å². The molecule has 7 nitrogen and oxygen atoms in total. The Morgan fingerprint density at radius 1 is 1.35 bits per heavy atom. The van der Waals surface area contributed by atoms with Gasteiger partial charge in [-0.3, -0.25) is 4.79 Å². The second-order valence-corrected chi connectivity index (χ2v) is 8.82. The van der Waals surface area contributed by atoms with Crippen molar-refractivity contribution in [2.75, 3.05) is 12.8 Å². The Morgan fingerprint density at radius 3 is 2.62 bits per heavy atom. The van der Waals surface area contributed by atoms with E-state index in [1.54, 1.807) is 13.2 Å². The van der Waals surface area contributed by atoms with E-state index in [-0.39, 0.29) is 11.9 Å². The smallest absolute Gasteiger partial charge is 0.237 e. The minimum atomic E-state index is -1.36. The van der Waals surface area contributed by atoms with Crippen LogP contribution < -0.4 is 10.6 Å². The lowest BCUT2D eigenvalue weighted by molar-refractivity contribution is -0.205. The molecule has 5 N–H and O–H groups in total. The summed E-state index contributed by atoms with van der Waals surface area (Å²) in [6.45, 7) is 4.62. The van der Waals surface area contributed by atoms with E-state index >= 15 is 0 Å². The molecule has 1 amide bonds. The lowest BCUT2D eigenvalue weighted by atomic mass is 9.89. The van der Waals surface area contributed by atoms with Crippen LogP contribution in [-0.4, -0.2) is 81.3 Å². The van der Waals surface area contributed by atoms with Crippen molar-refractivity contribution in [3.05, 3.63) is 0 Å². The third kappa shape index (κ3) is 5.04. The SMILES string of the molecule is CC[C@H]1CCN[C@@H](C(=O)N[C@@H]([C@@H]2O[C@H](SC)[C@@H](O)[C@H](O)[C@H]2O)[C@H](C)Cl)C1. The van der Waals surface area contributed by atoms with Gasteiger partial charge in [0.2, 0.25) is 5.91 Å². The van der Waals surface area contributed by atoms with Crippen LogP contribution in [0.5, 0.6) is 0 Å². The molecule has 9 atom stereocenters. The molecule has 0 aromatic carbocycles. The fraction of sp³-hybridized carbons (Fsp3) is 0.941. The Labute approximate surface area is 164 Å². The van der Waals surface area contributed by atoms with E-state index in [0.717, 1.165) is 25.8 Å². The highest BCUT2D eigenvalue weighted by Crippen LogP contribution is 2.30. The van der Waals surface area contributed by atoms with Crippen LogP contribution in [0.4, 0.5) is 0 Å². The molecular weight excluding hydrogens is 380 g/mol. The highest BCUT2D eigenvalue weighted by Gasteiger charge is 2.48. The van der Waals surface area contributed by atoms with E-state index in [1.807, 2.05) is 0 Å². The first-order chi connectivity index (χ1) is 12.3. The lowest BCUT2D eigenvalue weighted by Crippen LogP contribution is -2.65. The first-order valence-electron chi connectivity index (χ1n) is 9.20. The van der Waals surface area contributed by atoms with Crippen molar-refractivity contribution in [2.45, 2.75) is 80.4 Å². The summed E-state index contributed by atoms with van der Waals surface area (Å²) in [4.78, 5) is 12.7. The molecule has 0 bridgehead atoms. The van der Waals surface area contributed by atoms with Crippen molar-refractivity contribution in [1.29, 1.82) is 0 Å². The normalized spacial score (nSPS) is 40.7. The van der Waals surface area contributed by atoms with Crippen LogP contribution in [0.3, 0.4) is 0 Å². The molecule has 0 saturated carbocycles. The molecule has 152 valence electrons. The van der Waals surface area contributed by atoms with Gasteiger partial charge in [0.05, 0.1) is 17.5 Å². The molecular formula is C17H31ClN2O5S. The number of halogens is 1. The number of nitrogens with one attached hydrogen (secondary N) is 2. The van der Waals surface area contributed by atoms with Crippen molar-refractivity contribution in [2.24, 2.45) is 5.92 Å².